The molecule has 1 aliphatic heterocycles. The van der Waals surface area contributed by atoms with Crippen LogP contribution in [0.4, 0.5) is 10.1 Å². The minimum absolute atomic E-state index is 0.141. The van der Waals surface area contributed by atoms with E-state index in [-0.39, 0.29) is 17.1 Å². The van der Waals surface area contributed by atoms with Crippen LogP contribution in [-0.4, -0.2) is 31.6 Å². The number of halogens is 1. The van der Waals surface area contributed by atoms with E-state index in [0.717, 1.165) is 18.9 Å². The van der Waals surface area contributed by atoms with Crippen LogP contribution < -0.4 is 10.5 Å². The van der Waals surface area contributed by atoms with Crippen molar-refractivity contribution in [3.63, 3.8) is 0 Å². The Morgan fingerprint density at radius 3 is 2.81 bits per heavy atom. The molecular weight excluding hydrogens is 295 g/mol. The molecule has 0 aliphatic carbocycles. The zero-order valence-corrected chi connectivity index (χ0v) is 12.6. The molecule has 0 bridgehead atoms. The normalized spacial score (nSPS) is 20.2. The highest BCUT2D eigenvalue weighted by molar-refractivity contribution is 7.90. The van der Waals surface area contributed by atoms with Crippen molar-refractivity contribution in [1.29, 1.82) is 5.41 Å². The molecule has 0 saturated carbocycles. The maximum atomic E-state index is 13.9. The fourth-order valence-corrected chi connectivity index (χ4v) is 3.73. The number of nitrogens with two attached hydrogens (primary N) is 1. The van der Waals surface area contributed by atoms with Gasteiger partial charge in [0.1, 0.15) is 11.7 Å². The Morgan fingerprint density at radius 1 is 1.52 bits per heavy atom. The van der Waals surface area contributed by atoms with Crippen LogP contribution in [0.1, 0.15) is 25.3 Å². The number of nitrogens with one attached hydrogen (secondary N) is 2. The van der Waals surface area contributed by atoms with Gasteiger partial charge in [-0.25, -0.2) is 4.39 Å². The van der Waals surface area contributed by atoms with E-state index in [1.165, 1.54) is 16.4 Å². The summed E-state index contributed by atoms with van der Waals surface area (Å²) >= 11 is 0. The van der Waals surface area contributed by atoms with Crippen molar-refractivity contribution in [3.8, 4) is 0 Å². The Morgan fingerprint density at radius 2 is 2.24 bits per heavy atom. The van der Waals surface area contributed by atoms with Gasteiger partial charge in [0.25, 0.3) is 0 Å². The van der Waals surface area contributed by atoms with Gasteiger partial charge in [0.05, 0.1) is 5.69 Å². The average molecular weight is 314 g/mol. The van der Waals surface area contributed by atoms with Gasteiger partial charge in [-0.3, -0.25) is 10.1 Å². The summed E-state index contributed by atoms with van der Waals surface area (Å²) in [6.45, 7) is 2.86. The fourth-order valence-electron chi connectivity index (χ4n) is 2.33. The first-order chi connectivity index (χ1) is 9.79. The van der Waals surface area contributed by atoms with Crippen molar-refractivity contribution >= 4 is 21.7 Å². The number of piperidine rings is 1. The largest absolute Gasteiger partial charge is 0.384 e. The summed E-state index contributed by atoms with van der Waals surface area (Å²) in [5, 5.41) is 7.23. The third-order valence-electron chi connectivity index (χ3n) is 3.48. The molecule has 1 atom stereocenters. The van der Waals surface area contributed by atoms with E-state index in [9.17, 15) is 12.8 Å². The van der Waals surface area contributed by atoms with Crippen molar-refractivity contribution in [3.05, 3.63) is 29.6 Å². The first kappa shape index (κ1) is 15.7. The lowest BCUT2D eigenvalue weighted by Gasteiger charge is -2.30. The molecule has 0 radical (unpaired) electrons. The van der Waals surface area contributed by atoms with E-state index in [1.807, 2.05) is 6.92 Å². The molecule has 1 aromatic rings. The smallest absolute Gasteiger partial charge is 0.301 e. The van der Waals surface area contributed by atoms with Crippen LogP contribution in [0.25, 0.3) is 0 Å². The fraction of sp³-hybridized carbons (Fsp3) is 0.462. The summed E-state index contributed by atoms with van der Waals surface area (Å²) in [5.41, 5.74) is 5.33. The molecule has 8 heteroatoms. The standard InChI is InChI=1S/C13H19FN4O2S/c1-9-3-2-6-18(8-9)21(19,20)17-12-5-4-10(13(15)16)7-11(12)14/h4-5,7,9,17H,2-3,6,8H2,1H3,(H3,15,16). The number of nitrogen functional groups attached to an aromatic ring is 1. The molecule has 21 heavy (non-hydrogen) atoms. The lowest BCUT2D eigenvalue weighted by molar-refractivity contribution is 0.282. The van der Waals surface area contributed by atoms with Crippen LogP contribution in [-0.2, 0) is 10.2 Å². The Kier molecular flexibility index (Phi) is 4.48. The van der Waals surface area contributed by atoms with Crippen LogP contribution in [0.5, 0.6) is 0 Å². The summed E-state index contributed by atoms with van der Waals surface area (Å²) < 4.78 is 42.0. The summed E-state index contributed by atoms with van der Waals surface area (Å²) in [7, 11) is -3.77. The molecule has 4 N–H and O–H groups in total. The summed E-state index contributed by atoms with van der Waals surface area (Å²) in [5.74, 6) is -0.732. The van der Waals surface area contributed by atoms with Crippen molar-refractivity contribution in [1.82, 2.24) is 4.31 Å². The SMILES string of the molecule is CC1CCCN(S(=O)(=O)Nc2ccc(C(=N)N)cc2F)C1. The molecular formula is C13H19FN4O2S. The number of hydrogen-bond acceptors (Lipinski definition) is 3. The minimum Gasteiger partial charge on any atom is -0.384 e. The van der Waals surface area contributed by atoms with E-state index in [4.69, 9.17) is 11.1 Å². The molecule has 0 spiro atoms. The lowest BCUT2D eigenvalue weighted by atomic mass is 10.0. The topological polar surface area (TPSA) is 99.3 Å². The molecule has 116 valence electrons. The van der Waals surface area contributed by atoms with Gasteiger partial charge in [0.15, 0.2) is 0 Å². The predicted molar refractivity (Wildman–Crippen MR) is 79.9 cm³/mol. The van der Waals surface area contributed by atoms with E-state index >= 15 is 0 Å². The van der Waals surface area contributed by atoms with Gasteiger partial charge in [-0.05, 0) is 37.0 Å². The Balaban J connectivity index is 2.18. The third kappa shape index (κ3) is 3.70. The van der Waals surface area contributed by atoms with Crippen LogP contribution in [0.3, 0.4) is 0 Å². The first-order valence-electron chi connectivity index (χ1n) is 6.71. The van der Waals surface area contributed by atoms with Gasteiger partial charge >= 0.3 is 10.2 Å². The molecule has 1 fully saturated rings. The highest BCUT2D eigenvalue weighted by Crippen LogP contribution is 2.22. The van der Waals surface area contributed by atoms with Crippen LogP contribution in [0.2, 0.25) is 0 Å². The summed E-state index contributed by atoms with van der Waals surface area (Å²) in [6, 6.07) is 3.72. The maximum absolute atomic E-state index is 13.9. The number of nitrogens with zero attached hydrogens (tertiary/aromatic N) is 1. The first-order valence-corrected chi connectivity index (χ1v) is 8.15. The summed E-state index contributed by atoms with van der Waals surface area (Å²) in [6.07, 6.45) is 1.79. The van der Waals surface area contributed by atoms with Gasteiger partial charge in [0, 0.05) is 18.7 Å². The van der Waals surface area contributed by atoms with Gasteiger partial charge in [-0.15, -0.1) is 0 Å². The highest BCUT2D eigenvalue weighted by Gasteiger charge is 2.27. The highest BCUT2D eigenvalue weighted by atomic mass is 32.2. The van der Waals surface area contributed by atoms with E-state index < -0.39 is 16.0 Å². The van der Waals surface area contributed by atoms with Crippen LogP contribution in [0, 0.1) is 17.1 Å². The Bertz CT molecular complexity index is 648. The Hall–Kier alpha value is -1.67. The Labute approximate surface area is 123 Å². The molecule has 2 rings (SSSR count). The second kappa shape index (κ2) is 5.98. The molecule has 6 nitrogen and oxygen atoms in total. The molecule has 1 heterocycles. The molecule has 0 amide bonds. The molecule has 1 aromatic carbocycles. The van der Waals surface area contributed by atoms with Gasteiger partial charge in [-0.2, -0.15) is 12.7 Å². The number of benzene rings is 1. The second-order valence-electron chi connectivity index (χ2n) is 5.32. The van der Waals surface area contributed by atoms with Crippen molar-refractivity contribution in [2.24, 2.45) is 11.7 Å². The van der Waals surface area contributed by atoms with E-state index in [1.54, 1.807) is 0 Å². The zero-order chi connectivity index (χ0) is 15.6. The van der Waals surface area contributed by atoms with Crippen LogP contribution in [0.15, 0.2) is 18.2 Å². The van der Waals surface area contributed by atoms with Crippen molar-refractivity contribution in [2.45, 2.75) is 19.8 Å². The molecule has 1 aliphatic rings. The number of anilines is 1. The molecule has 1 saturated heterocycles. The number of hydrogen-bond donors (Lipinski definition) is 3. The van der Waals surface area contributed by atoms with E-state index in [2.05, 4.69) is 4.72 Å². The van der Waals surface area contributed by atoms with Gasteiger partial charge < -0.3 is 5.73 Å². The predicted octanol–water partition coefficient (Wildman–Crippen LogP) is 1.50. The zero-order valence-electron chi connectivity index (χ0n) is 11.8. The quantitative estimate of drug-likeness (QED) is 0.580. The average Bonchev–Trinajstić information content (AvgIpc) is 2.40. The second-order valence-corrected chi connectivity index (χ2v) is 6.99. The van der Waals surface area contributed by atoms with Crippen LogP contribution >= 0.6 is 0 Å². The molecule has 1 unspecified atom stereocenters. The maximum Gasteiger partial charge on any atom is 0.301 e. The minimum atomic E-state index is -3.77. The van der Waals surface area contributed by atoms with Crippen molar-refractivity contribution < 1.29 is 12.8 Å². The van der Waals surface area contributed by atoms with Crippen molar-refractivity contribution in [2.75, 3.05) is 17.8 Å². The number of rotatable bonds is 4. The summed E-state index contributed by atoms with van der Waals surface area (Å²) in [4.78, 5) is 0. The monoisotopic (exact) mass is 314 g/mol. The van der Waals surface area contributed by atoms with Gasteiger partial charge in [0.2, 0.25) is 0 Å². The third-order valence-corrected chi connectivity index (χ3v) is 4.97. The molecule has 0 aromatic heterocycles. The lowest BCUT2D eigenvalue weighted by Crippen LogP contribution is -2.42. The van der Waals surface area contributed by atoms with Gasteiger partial charge in [-0.1, -0.05) is 6.92 Å². The van der Waals surface area contributed by atoms with E-state index in [0.29, 0.717) is 19.0 Å². The number of amidine groups is 1.